The summed E-state index contributed by atoms with van der Waals surface area (Å²) in [7, 11) is 0. The van der Waals surface area contributed by atoms with E-state index in [0.29, 0.717) is 6.04 Å². The zero-order valence-corrected chi connectivity index (χ0v) is 13.9. The molecule has 1 aromatic heterocycles. The van der Waals surface area contributed by atoms with Crippen LogP contribution in [0.2, 0.25) is 5.02 Å². The van der Waals surface area contributed by atoms with Crippen molar-refractivity contribution >= 4 is 22.6 Å². The summed E-state index contributed by atoms with van der Waals surface area (Å²) in [5, 5.41) is 4.32. The molecule has 0 spiro atoms. The Hall–Kier alpha value is -1.06. The van der Waals surface area contributed by atoms with Crippen LogP contribution in [-0.4, -0.2) is 22.6 Å². The molecule has 21 heavy (non-hydrogen) atoms. The van der Waals surface area contributed by atoms with Crippen LogP contribution < -0.4 is 5.32 Å². The second kappa shape index (κ2) is 5.62. The highest BCUT2D eigenvalue weighted by atomic mass is 35.5. The molecule has 114 valence electrons. The molecular formula is C17H24ClN3. The molecule has 0 amide bonds. The van der Waals surface area contributed by atoms with Gasteiger partial charge in [0.25, 0.3) is 0 Å². The van der Waals surface area contributed by atoms with Gasteiger partial charge in [0, 0.05) is 23.0 Å². The first-order valence-electron chi connectivity index (χ1n) is 7.96. The van der Waals surface area contributed by atoms with E-state index in [-0.39, 0.29) is 5.41 Å². The lowest BCUT2D eigenvalue weighted by Crippen LogP contribution is -2.33. The van der Waals surface area contributed by atoms with Crippen LogP contribution in [0.15, 0.2) is 18.2 Å². The minimum Gasteiger partial charge on any atom is -0.325 e. The molecule has 0 saturated carbocycles. The van der Waals surface area contributed by atoms with Crippen molar-refractivity contribution in [2.24, 2.45) is 0 Å². The lowest BCUT2D eigenvalue weighted by atomic mass is 9.81. The minimum absolute atomic E-state index is 0.171. The van der Waals surface area contributed by atoms with Crippen LogP contribution in [0.25, 0.3) is 11.0 Å². The molecule has 2 aromatic rings. The summed E-state index contributed by atoms with van der Waals surface area (Å²) in [6, 6.07) is 6.42. The molecule has 1 aromatic carbocycles. The van der Waals surface area contributed by atoms with E-state index in [1.807, 2.05) is 12.1 Å². The molecule has 0 radical (unpaired) electrons. The lowest BCUT2D eigenvalue weighted by Gasteiger charge is -2.29. The molecule has 1 fully saturated rings. The van der Waals surface area contributed by atoms with Crippen molar-refractivity contribution in [3.63, 3.8) is 0 Å². The fourth-order valence-electron chi connectivity index (χ4n) is 3.70. The van der Waals surface area contributed by atoms with Gasteiger partial charge in [0.2, 0.25) is 0 Å². The van der Waals surface area contributed by atoms with E-state index >= 15 is 0 Å². The van der Waals surface area contributed by atoms with E-state index in [4.69, 9.17) is 16.6 Å². The summed E-state index contributed by atoms with van der Waals surface area (Å²) in [6.45, 7) is 8.84. The number of nitrogens with one attached hydrogen (secondary N) is 1. The summed E-state index contributed by atoms with van der Waals surface area (Å²) in [5.74, 6) is 1.24. The minimum atomic E-state index is 0.171. The average molecular weight is 306 g/mol. The molecule has 3 nitrogen and oxygen atoms in total. The molecule has 1 saturated heterocycles. The molecule has 1 N–H and O–H groups in total. The number of imidazole rings is 1. The standard InChI is InChI=1S/C17H24ClN3/c1-4-7-17(8-9-19-11-17)16-20-14-6-5-13(18)10-15(14)21(16)12(2)3/h5-6,10,12,19H,4,7-9,11H2,1-3H3. The normalized spacial score (nSPS) is 22.5. The van der Waals surface area contributed by atoms with Gasteiger partial charge in [-0.2, -0.15) is 0 Å². The second-order valence-corrected chi connectivity index (χ2v) is 6.93. The Morgan fingerprint density at radius 1 is 1.43 bits per heavy atom. The largest absolute Gasteiger partial charge is 0.325 e. The van der Waals surface area contributed by atoms with Gasteiger partial charge in [-0.1, -0.05) is 24.9 Å². The van der Waals surface area contributed by atoms with E-state index in [9.17, 15) is 0 Å². The summed E-state index contributed by atoms with van der Waals surface area (Å²) in [4.78, 5) is 5.01. The zero-order valence-electron chi connectivity index (χ0n) is 13.1. The van der Waals surface area contributed by atoms with Crippen LogP contribution in [0.1, 0.15) is 51.9 Å². The maximum absolute atomic E-state index is 6.21. The van der Waals surface area contributed by atoms with Crippen molar-refractivity contribution < 1.29 is 0 Å². The third-order valence-corrected chi connectivity index (χ3v) is 4.85. The van der Waals surface area contributed by atoms with Crippen LogP contribution in [0.4, 0.5) is 0 Å². The highest BCUT2D eigenvalue weighted by molar-refractivity contribution is 6.31. The third kappa shape index (κ3) is 2.47. The Kier molecular flexibility index (Phi) is 3.98. The molecule has 0 bridgehead atoms. The first kappa shape index (κ1) is 14.9. The average Bonchev–Trinajstić information content (AvgIpc) is 3.03. The number of halogens is 1. The predicted octanol–water partition coefficient (Wildman–Crippen LogP) is 4.30. The highest BCUT2D eigenvalue weighted by Gasteiger charge is 2.39. The van der Waals surface area contributed by atoms with Crippen molar-refractivity contribution in [3.8, 4) is 0 Å². The number of hydrogen-bond donors (Lipinski definition) is 1. The van der Waals surface area contributed by atoms with Gasteiger partial charge in [-0.25, -0.2) is 4.98 Å². The monoisotopic (exact) mass is 305 g/mol. The number of hydrogen-bond acceptors (Lipinski definition) is 2. The first-order chi connectivity index (χ1) is 10.1. The summed E-state index contributed by atoms with van der Waals surface area (Å²) >= 11 is 6.21. The fraction of sp³-hybridized carbons (Fsp3) is 0.588. The van der Waals surface area contributed by atoms with Gasteiger partial charge in [-0.3, -0.25) is 0 Å². The summed E-state index contributed by atoms with van der Waals surface area (Å²) in [6.07, 6.45) is 3.54. The van der Waals surface area contributed by atoms with Crippen LogP contribution in [0.3, 0.4) is 0 Å². The molecular weight excluding hydrogens is 282 g/mol. The smallest absolute Gasteiger partial charge is 0.117 e. The van der Waals surface area contributed by atoms with Crippen LogP contribution in [0, 0.1) is 0 Å². The maximum atomic E-state index is 6.21. The number of benzene rings is 1. The Morgan fingerprint density at radius 3 is 2.86 bits per heavy atom. The van der Waals surface area contributed by atoms with Gasteiger partial charge in [0.1, 0.15) is 5.82 Å². The molecule has 0 aliphatic carbocycles. The van der Waals surface area contributed by atoms with Gasteiger partial charge in [0.05, 0.1) is 11.0 Å². The first-order valence-corrected chi connectivity index (χ1v) is 8.34. The van der Waals surface area contributed by atoms with E-state index < -0.39 is 0 Å². The molecule has 1 aliphatic heterocycles. The van der Waals surface area contributed by atoms with Gasteiger partial charge < -0.3 is 9.88 Å². The van der Waals surface area contributed by atoms with Crippen molar-refractivity contribution in [2.75, 3.05) is 13.1 Å². The molecule has 1 aliphatic rings. The van der Waals surface area contributed by atoms with Crippen molar-refractivity contribution in [1.29, 1.82) is 0 Å². The zero-order chi connectivity index (χ0) is 15.0. The SMILES string of the molecule is CCCC1(c2nc3ccc(Cl)cc3n2C(C)C)CCNC1. The van der Waals surface area contributed by atoms with Crippen molar-refractivity contribution in [2.45, 2.75) is 51.5 Å². The van der Waals surface area contributed by atoms with E-state index in [1.54, 1.807) is 0 Å². The lowest BCUT2D eigenvalue weighted by molar-refractivity contribution is 0.376. The summed E-state index contributed by atoms with van der Waals surface area (Å²) in [5.41, 5.74) is 2.39. The quantitative estimate of drug-likeness (QED) is 0.912. The van der Waals surface area contributed by atoms with Crippen molar-refractivity contribution in [1.82, 2.24) is 14.9 Å². The highest BCUT2D eigenvalue weighted by Crippen LogP contribution is 2.38. The Labute approximate surface area is 131 Å². The van der Waals surface area contributed by atoms with E-state index in [2.05, 4.69) is 36.7 Å². The van der Waals surface area contributed by atoms with Gasteiger partial charge in [-0.15, -0.1) is 0 Å². The van der Waals surface area contributed by atoms with Gasteiger partial charge in [0.15, 0.2) is 0 Å². The Bertz CT molecular complexity index is 639. The van der Waals surface area contributed by atoms with Crippen LogP contribution in [-0.2, 0) is 5.41 Å². The number of nitrogens with zero attached hydrogens (tertiary/aromatic N) is 2. The third-order valence-electron chi connectivity index (χ3n) is 4.61. The van der Waals surface area contributed by atoms with Crippen LogP contribution >= 0.6 is 11.6 Å². The number of fused-ring (bicyclic) bond motifs is 1. The Balaban J connectivity index is 2.23. The molecule has 1 unspecified atom stereocenters. The molecule has 2 heterocycles. The van der Waals surface area contributed by atoms with Crippen LogP contribution in [0.5, 0.6) is 0 Å². The van der Waals surface area contributed by atoms with Gasteiger partial charge >= 0.3 is 0 Å². The molecule has 4 heteroatoms. The fourth-order valence-corrected chi connectivity index (χ4v) is 3.87. The number of rotatable bonds is 4. The maximum Gasteiger partial charge on any atom is 0.117 e. The molecule has 1 atom stereocenters. The molecule has 3 rings (SSSR count). The topological polar surface area (TPSA) is 29.9 Å². The van der Waals surface area contributed by atoms with E-state index in [0.717, 1.165) is 29.1 Å². The van der Waals surface area contributed by atoms with Crippen molar-refractivity contribution in [3.05, 3.63) is 29.0 Å². The number of aromatic nitrogens is 2. The predicted molar refractivity (Wildman–Crippen MR) is 89.2 cm³/mol. The van der Waals surface area contributed by atoms with Gasteiger partial charge in [-0.05, 0) is 51.4 Å². The van der Waals surface area contributed by atoms with E-state index in [1.165, 1.54) is 25.1 Å². The Morgan fingerprint density at radius 2 is 2.24 bits per heavy atom. The summed E-state index contributed by atoms with van der Waals surface area (Å²) < 4.78 is 2.39. The second-order valence-electron chi connectivity index (χ2n) is 6.49.